The first-order valence-electron chi connectivity index (χ1n) is 7.73. The normalized spacial score (nSPS) is 12.1. The van der Waals surface area contributed by atoms with Crippen molar-refractivity contribution in [2.24, 2.45) is 0 Å². The van der Waals surface area contributed by atoms with Gasteiger partial charge in [-0.1, -0.05) is 38.3 Å². The second-order valence-corrected chi connectivity index (χ2v) is 5.04. The van der Waals surface area contributed by atoms with Crippen LogP contribution in [0.3, 0.4) is 0 Å². The molecule has 0 radical (unpaired) electrons. The molecule has 118 valence electrons. The number of benzene rings is 1. The van der Waals surface area contributed by atoms with Crippen LogP contribution in [-0.2, 0) is 20.7 Å². The molecule has 0 heterocycles. The second-order valence-electron chi connectivity index (χ2n) is 5.04. The number of unbranched alkanes of at least 4 members (excludes halogenated alkanes) is 3. The number of aromatic hydroxyl groups is 1. The van der Waals surface area contributed by atoms with Gasteiger partial charge in [0.05, 0.1) is 6.61 Å². The van der Waals surface area contributed by atoms with Gasteiger partial charge in [-0.15, -0.1) is 0 Å². The molecule has 0 amide bonds. The van der Waals surface area contributed by atoms with E-state index >= 15 is 0 Å². The average Bonchev–Trinajstić information content (AvgIpc) is 2.48. The van der Waals surface area contributed by atoms with E-state index in [9.17, 15) is 9.90 Å². The summed E-state index contributed by atoms with van der Waals surface area (Å²) in [5.74, 6) is -0.104. The molecule has 21 heavy (non-hydrogen) atoms. The molecule has 0 bridgehead atoms. The first kappa shape index (κ1) is 17.5. The summed E-state index contributed by atoms with van der Waals surface area (Å²) < 4.78 is 10.8. The van der Waals surface area contributed by atoms with Crippen LogP contribution in [0.15, 0.2) is 24.3 Å². The van der Waals surface area contributed by atoms with Gasteiger partial charge in [0.2, 0.25) is 0 Å². The van der Waals surface area contributed by atoms with Gasteiger partial charge < -0.3 is 14.6 Å². The van der Waals surface area contributed by atoms with E-state index < -0.39 is 6.10 Å². The quantitative estimate of drug-likeness (QED) is 0.530. The van der Waals surface area contributed by atoms with E-state index in [1.165, 1.54) is 12.8 Å². The first-order chi connectivity index (χ1) is 10.2. The van der Waals surface area contributed by atoms with Crippen molar-refractivity contribution in [3.63, 3.8) is 0 Å². The molecule has 0 aliphatic rings. The maximum Gasteiger partial charge on any atom is 0.335 e. The van der Waals surface area contributed by atoms with Crippen molar-refractivity contribution in [3.05, 3.63) is 29.8 Å². The summed E-state index contributed by atoms with van der Waals surface area (Å²) in [6, 6.07) is 6.81. The predicted molar refractivity (Wildman–Crippen MR) is 82.3 cm³/mol. The molecule has 0 fully saturated rings. The molecule has 1 atom stereocenters. The lowest BCUT2D eigenvalue weighted by atomic mass is 10.1. The van der Waals surface area contributed by atoms with Crippen LogP contribution in [0.1, 0.15) is 45.1 Å². The van der Waals surface area contributed by atoms with E-state index in [-0.39, 0.29) is 11.7 Å². The van der Waals surface area contributed by atoms with Crippen molar-refractivity contribution in [3.8, 4) is 5.75 Å². The Morgan fingerprint density at radius 3 is 2.48 bits per heavy atom. The summed E-state index contributed by atoms with van der Waals surface area (Å²) in [5.41, 5.74) is 0.944. The molecular weight excluding hydrogens is 268 g/mol. The first-order valence-corrected chi connectivity index (χ1v) is 7.73. The van der Waals surface area contributed by atoms with E-state index in [2.05, 4.69) is 6.92 Å². The number of phenolic OH excluding ortho intramolecular Hbond substituents is 1. The van der Waals surface area contributed by atoms with Gasteiger partial charge >= 0.3 is 5.97 Å². The van der Waals surface area contributed by atoms with Gasteiger partial charge in [-0.3, -0.25) is 0 Å². The van der Waals surface area contributed by atoms with Crippen molar-refractivity contribution in [2.75, 3.05) is 13.2 Å². The largest absolute Gasteiger partial charge is 0.508 e. The van der Waals surface area contributed by atoms with Crippen molar-refractivity contribution in [2.45, 2.75) is 52.1 Å². The van der Waals surface area contributed by atoms with E-state index in [1.54, 1.807) is 31.2 Å². The van der Waals surface area contributed by atoms with Gasteiger partial charge in [0.25, 0.3) is 0 Å². The molecule has 4 heteroatoms. The number of ether oxygens (including phenoxy) is 2. The molecule has 0 aliphatic heterocycles. The van der Waals surface area contributed by atoms with Crippen LogP contribution in [0.25, 0.3) is 0 Å². The molecule has 1 N–H and O–H groups in total. The van der Waals surface area contributed by atoms with Crippen molar-refractivity contribution >= 4 is 5.97 Å². The summed E-state index contributed by atoms with van der Waals surface area (Å²) >= 11 is 0. The number of phenols is 1. The minimum atomic E-state index is -0.573. The topological polar surface area (TPSA) is 55.8 Å². The zero-order chi connectivity index (χ0) is 15.5. The van der Waals surface area contributed by atoms with E-state index in [0.717, 1.165) is 18.4 Å². The van der Waals surface area contributed by atoms with Crippen LogP contribution >= 0.6 is 0 Å². The number of esters is 1. The van der Waals surface area contributed by atoms with Crippen LogP contribution < -0.4 is 0 Å². The third-order valence-electron chi connectivity index (χ3n) is 3.22. The Morgan fingerprint density at radius 2 is 1.86 bits per heavy atom. The lowest BCUT2D eigenvalue weighted by Gasteiger charge is -2.16. The van der Waals surface area contributed by atoms with Crippen LogP contribution in [0.4, 0.5) is 0 Å². The fraction of sp³-hybridized carbons (Fsp3) is 0.588. The zero-order valence-electron chi connectivity index (χ0n) is 13.0. The molecule has 0 aliphatic carbocycles. The van der Waals surface area contributed by atoms with Gasteiger partial charge in [0.1, 0.15) is 5.75 Å². The monoisotopic (exact) mass is 294 g/mol. The van der Waals surface area contributed by atoms with Crippen molar-refractivity contribution < 1.29 is 19.4 Å². The predicted octanol–water partition coefficient (Wildman–Crippen LogP) is 3.46. The summed E-state index contributed by atoms with van der Waals surface area (Å²) in [5, 5.41) is 9.29. The maximum atomic E-state index is 11.9. The fourth-order valence-electron chi connectivity index (χ4n) is 2.05. The average molecular weight is 294 g/mol. The van der Waals surface area contributed by atoms with Crippen LogP contribution in [-0.4, -0.2) is 30.4 Å². The highest BCUT2D eigenvalue weighted by Gasteiger charge is 2.20. The molecular formula is C17H26O4. The highest BCUT2D eigenvalue weighted by molar-refractivity contribution is 5.75. The summed E-state index contributed by atoms with van der Waals surface area (Å²) in [6.45, 7) is 4.87. The zero-order valence-corrected chi connectivity index (χ0v) is 13.0. The molecule has 0 saturated carbocycles. The van der Waals surface area contributed by atoms with Gasteiger partial charge in [-0.25, -0.2) is 4.79 Å². The van der Waals surface area contributed by atoms with Crippen LogP contribution in [0, 0.1) is 0 Å². The molecule has 1 aromatic rings. The summed E-state index contributed by atoms with van der Waals surface area (Å²) in [6.07, 6.45) is 4.33. The van der Waals surface area contributed by atoms with Gasteiger partial charge in [0.15, 0.2) is 6.10 Å². The SMILES string of the molecule is CCCCCCO[C@@H](Cc1ccc(O)cc1)C(=O)OCC. The molecule has 4 nitrogen and oxygen atoms in total. The number of carbonyl (C=O) groups is 1. The Bertz CT molecular complexity index is 400. The van der Waals surface area contributed by atoms with Crippen molar-refractivity contribution in [1.82, 2.24) is 0 Å². The van der Waals surface area contributed by atoms with E-state index in [0.29, 0.717) is 19.6 Å². The summed E-state index contributed by atoms with van der Waals surface area (Å²) in [4.78, 5) is 11.9. The lowest BCUT2D eigenvalue weighted by Crippen LogP contribution is -2.29. The Morgan fingerprint density at radius 1 is 1.14 bits per heavy atom. The number of rotatable bonds is 10. The number of hydrogen-bond acceptors (Lipinski definition) is 4. The van der Waals surface area contributed by atoms with E-state index in [1.807, 2.05) is 0 Å². The smallest absolute Gasteiger partial charge is 0.335 e. The number of hydrogen-bond donors (Lipinski definition) is 1. The Labute approximate surface area is 127 Å². The molecule has 0 unspecified atom stereocenters. The Balaban J connectivity index is 2.51. The minimum Gasteiger partial charge on any atom is -0.508 e. The van der Waals surface area contributed by atoms with E-state index in [4.69, 9.17) is 9.47 Å². The van der Waals surface area contributed by atoms with Gasteiger partial charge in [-0.2, -0.15) is 0 Å². The Kier molecular flexibility index (Phi) is 8.51. The highest BCUT2D eigenvalue weighted by Crippen LogP contribution is 2.14. The molecule has 0 aromatic heterocycles. The highest BCUT2D eigenvalue weighted by atomic mass is 16.6. The van der Waals surface area contributed by atoms with Crippen molar-refractivity contribution in [1.29, 1.82) is 0 Å². The van der Waals surface area contributed by atoms with Gasteiger partial charge in [0, 0.05) is 13.0 Å². The van der Waals surface area contributed by atoms with Crippen LogP contribution in [0.2, 0.25) is 0 Å². The minimum absolute atomic E-state index is 0.215. The molecule has 1 rings (SSSR count). The molecule has 0 saturated heterocycles. The maximum absolute atomic E-state index is 11.9. The van der Waals surface area contributed by atoms with Gasteiger partial charge in [-0.05, 0) is 31.0 Å². The molecule has 1 aromatic carbocycles. The standard InChI is InChI=1S/C17H26O4/c1-3-5-6-7-12-21-16(17(19)20-4-2)13-14-8-10-15(18)11-9-14/h8-11,16,18H,3-7,12-13H2,1-2H3/t16-/m0/s1. The number of carbonyl (C=O) groups excluding carboxylic acids is 1. The second kappa shape index (κ2) is 10.2. The molecule has 0 spiro atoms. The fourth-order valence-corrected chi connectivity index (χ4v) is 2.05. The Hall–Kier alpha value is -1.55. The third-order valence-corrected chi connectivity index (χ3v) is 3.22. The summed E-state index contributed by atoms with van der Waals surface area (Å²) in [7, 11) is 0. The lowest BCUT2D eigenvalue weighted by molar-refractivity contribution is -0.156. The third kappa shape index (κ3) is 7.14. The van der Waals surface area contributed by atoms with Crippen LogP contribution in [0.5, 0.6) is 5.75 Å².